The van der Waals surface area contributed by atoms with Gasteiger partial charge < -0.3 is 14.4 Å². The van der Waals surface area contributed by atoms with Crippen LogP contribution in [0, 0.1) is 11.8 Å². The number of hydrogen-bond acceptors (Lipinski definition) is 3. The first-order chi connectivity index (χ1) is 11.1. The van der Waals surface area contributed by atoms with Crippen molar-refractivity contribution in [1.82, 2.24) is 24.6 Å². The number of carbonyl (C=O) groups is 1. The van der Waals surface area contributed by atoms with Crippen LogP contribution in [0.5, 0.6) is 0 Å². The Labute approximate surface area is 139 Å². The molecule has 0 N–H and O–H groups in total. The van der Waals surface area contributed by atoms with E-state index >= 15 is 0 Å². The maximum atomic E-state index is 13.0. The van der Waals surface area contributed by atoms with Crippen LogP contribution in [0.3, 0.4) is 0 Å². The Morgan fingerprint density at radius 3 is 2.54 bits per heavy atom. The lowest BCUT2D eigenvalue weighted by molar-refractivity contribution is -0.182. The average Bonchev–Trinajstić information content (AvgIpc) is 2.87. The topological polar surface area (TPSA) is 54.3 Å². The molecule has 0 radical (unpaired) electrons. The summed E-state index contributed by atoms with van der Waals surface area (Å²) in [5.74, 6) is -0.0975. The lowest BCUT2D eigenvalue weighted by Crippen LogP contribution is -2.41. The molecule has 0 saturated carbocycles. The second-order valence-corrected chi connectivity index (χ2v) is 6.83. The summed E-state index contributed by atoms with van der Waals surface area (Å²) < 4.78 is 40.4. The van der Waals surface area contributed by atoms with Gasteiger partial charge in [0.1, 0.15) is 5.82 Å². The molecule has 1 unspecified atom stereocenters. The molecular formula is C15H24F3N5O. The zero-order chi connectivity index (χ0) is 18.1. The number of alkyl halides is 3. The first-order valence-electron chi connectivity index (χ1n) is 8.03. The van der Waals surface area contributed by atoms with E-state index in [1.54, 1.807) is 19.0 Å². The SMILES string of the molecule is CC(C)CN(C)C(=O)N(C)Cc1nnc2n1CC(C(F)(F)F)CC2. The van der Waals surface area contributed by atoms with E-state index < -0.39 is 12.1 Å². The van der Waals surface area contributed by atoms with E-state index in [0.29, 0.717) is 24.1 Å². The van der Waals surface area contributed by atoms with Crippen molar-refractivity contribution in [1.29, 1.82) is 0 Å². The summed E-state index contributed by atoms with van der Waals surface area (Å²) >= 11 is 0. The van der Waals surface area contributed by atoms with Gasteiger partial charge in [-0.25, -0.2) is 4.79 Å². The van der Waals surface area contributed by atoms with Crippen LogP contribution >= 0.6 is 0 Å². The zero-order valence-electron chi connectivity index (χ0n) is 14.5. The van der Waals surface area contributed by atoms with Gasteiger partial charge in [-0.2, -0.15) is 13.2 Å². The molecule has 6 nitrogen and oxygen atoms in total. The highest BCUT2D eigenvalue weighted by Crippen LogP contribution is 2.34. The maximum absolute atomic E-state index is 13.0. The van der Waals surface area contributed by atoms with E-state index in [2.05, 4.69) is 10.2 Å². The number of urea groups is 1. The second-order valence-electron chi connectivity index (χ2n) is 6.83. The van der Waals surface area contributed by atoms with Gasteiger partial charge in [0.25, 0.3) is 0 Å². The minimum absolute atomic E-state index is 0.0352. The molecule has 1 atom stereocenters. The van der Waals surface area contributed by atoms with E-state index in [-0.39, 0.29) is 32.0 Å². The zero-order valence-corrected chi connectivity index (χ0v) is 14.5. The summed E-state index contributed by atoms with van der Waals surface area (Å²) in [6.45, 7) is 4.59. The number of hydrogen-bond donors (Lipinski definition) is 0. The molecule has 9 heteroatoms. The Hall–Kier alpha value is -1.80. The molecule has 1 aromatic rings. The molecule has 0 aromatic carbocycles. The first kappa shape index (κ1) is 18.5. The van der Waals surface area contributed by atoms with Gasteiger partial charge in [0.2, 0.25) is 0 Å². The van der Waals surface area contributed by atoms with Crippen molar-refractivity contribution in [3.05, 3.63) is 11.6 Å². The van der Waals surface area contributed by atoms with Crippen LogP contribution in [0.1, 0.15) is 31.9 Å². The van der Waals surface area contributed by atoms with Gasteiger partial charge >= 0.3 is 12.2 Å². The number of halogens is 3. The normalized spacial score (nSPS) is 17.8. The fourth-order valence-electron chi connectivity index (χ4n) is 2.96. The Balaban J connectivity index is 2.07. The van der Waals surface area contributed by atoms with Gasteiger partial charge in [-0.15, -0.1) is 10.2 Å². The lowest BCUT2D eigenvalue weighted by Gasteiger charge is -2.28. The number of carbonyl (C=O) groups excluding carboxylic acids is 1. The molecule has 1 aliphatic rings. The van der Waals surface area contributed by atoms with E-state index in [1.165, 1.54) is 9.47 Å². The Morgan fingerprint density at radius 1 is 1.29 bits per heavy atom. The highest BCUT2D eigenvalue weighted by Gasteiger charge is 2.42. The molecule has 24 heavy (non-hydrogen) atoms. The summed E-state index contributed by atoms with van der Waals surface area (Å²) in [4.78, 5) is 15.4. The number of rotatable bonds is 4. The predicted octanol–water partition coefficient (Wildman–Crippen LogP) is 2.54. The van der Waals surface area contributed by atoms with Crippen molar-refractivity contribution >= 4 is 6.03 Å². The third-order valence-corrected chi connectivity index (χ3v) is 4.16. The molecule has 0 aliphatic carbocycles. The monoisotopic (exact) mass is 347 g/mol. The molecule has 2 rings (SSSR count). The van der Waals surface area contributed by atoms with Gasteiger partial charge in [-0.05, 0) is 12.3 Å². The van der Waals surface area contributed by atoms with Crippen LogP contribution < -0.4 is 0 Å². The number of aryl methyl sites for hydroxylation is 1. The van der Waals surface area contributed by atoms with E-state index in [0.717, 1.165) is 0 Å². The summed E-state index contributed by atoms with van der Waals surface area (Å²) in [7, 11) is 3.32. The third kappa shape index (κ3) is 4.18. The molecular weight excluding hydrogens is 323 g/mol. The predicted molar refractivity (Wildman–Crippen MR) is 82.2 cm³/mol. The first-order valence-corrected chi connectivity index (χ1v) is 8.03. The van der Waals surface area contributed by atoms with Gasteiger partial charge in [-0.1, -0.05) is 13.8 Å². The largest absolute Gasteiger partial charge is 0.393 e. The standard InChI is InChI=1S/C15H24F3N5O/c1-10(2)7-21(3)14(24)22(4)9-13-20-19-12-6-5-11(8-23(12)13)15(16,17)18/h10-11H,5-9H2,1-4H3. The molecule has 2 heterocycles. The van der Waals surface area contributed by atoms with Crippen molar-refractivity contribution in [2.24, 2.45) is 11.8 Å². The summed E-state index contributed by atoms with van der Waals surface area (Å²) in [6, 6.07) is -0.191. The van der Waals surface area contributed by atoms with E-state index in [9.17, 15) is 18.0 Å². The second kappa shape index (κ2) is 6.98. The van der Waals surface area contributed by atoms with E-state index in [4.69, 9.17) is 0 Å². The van der Waals surface area contributed by atoms with Crippen LogP contribution in [-0.4, -0.2) is 57.4 Å². The van der Waals surface area contributed by atoms with Crippen molar-refractivity contribution in [3.8, 4) is 0 Å². The molecule has 0 spiro atoms. The summed E-state index contributed by atoms with van der Waals surface area (Å²) in [5, 5.41) is 7.96. The number of amides is 2. The minimum Gasteiger partial charge on any atom is -0.327 e. The fraction of sp³-hybridized carbons (Fsp3) is 0.800. The van der Waals surface area contributed by atoms with Gasteiger partial charge in [0.15, 0.2) is 5.82 Å². The molecule has 136 valence electrons. The van der Waals surface area contributed by atoms with E-state index in [1.807, 2.05) is 13.8 Å². The molecule has 0 bridgehead atoms. The van der Waals surface area contributed by atoms with Crippen LogP contribution in [0.4, 0.5) is 18.0 Å². The van der Waals surface area contributed by atoms with Crippen LogP contribution in [-0.2, 0) is 19.5 Å². The van der Waals surface area contributed by atoms with Crippen molar-refractivity contribution in [3.63, 3.8) is 0 Å². The van der Waals surface area contributed by atoms with Crippen LogP contribution in [0.15, 0.2) is 0 Å². The highest BCUT2D eigenvalue weighted by molar-refractivity contribution is 5.73. The molecule has 1 aromatic heterocycles. The highest BCUT2D eigenvalue weighted by atomic mass is 19.4. The summed E-state index contributed by atoms with van der Waals surface area (Å²) in [6.07, 6.45) is -3.94. The Kier molecular flexibility index (Phi) is 5.39. The molecule has 2 amide bonds. The Morgan fingerprint density at radius 2 is 1.96 bits per heavy atom. The van der Waals surface area contributed by atoms with Crippen LogP contribution in [0.25, 0.3) is 0 Å². The molecule has 1 aliphatic heterocycles. The lowest BCUT2D eigenvalue weighted by atomic mass is 9.99. The Bertz CT molecular complexity index is 584. The number of aromatic nitrogens is 3. The minimum atomic E-state index is -4.22. The number of fused-ring (bicyclic) bond motifs is 1. The average molecular weight is 347 g/mol. The molecule has 0 fully saturated rings. The third-order valence-electron chi connectivity index (χ3n) is 4.16. The quantitative estimate of drug-likeness (QED) is 0.841. The maximum Gasteiger partial charge on any atom is 0.393 e. The number of nitrogens with zero attached hydrogens (tertiary/aromatic N) is 5. The van der Waals surface area contributed by atoms with Crippen molar-refractivity contribution < 1.29 is 18.0 Å². The smallest absolute Gasteiger partial charge is 0.327 e. The van der Waals surface area contributed by atoms with Crippen molar-refractivity contribution in [2.75, 3.05) is 20.6 Å². The molecule has 0 saturated heterocycles. The van der Waals surface area contributed by atoms with Gasteiger partial charge in [0.05, 0.1) is 12.5 Å². The van der Waals surface area contributed by atoms with Crippen LogP contribution in [0.2, 0.25) is 0 Å². The fourth-order valence-corrected chi connectivity index (χ4v) is 2.96. The van der Waals surface area contributed by atoms with Gasteiger partial charge in [0, 0.05) is 33.6 Å². The van der Waals surface area contributed by atoms with Crippen molar-refractivity contribution in [2.45, 2.75) is 46.0 Å². The summed E-state index contributed by atoms with van der Waals surface area (Å²) in [5.41, 5.74) is 0. The van der Waals surface area contributed by atoms with Gasteiger partial charge in [-0.3, -0.25) is 0 Å².